The third-order valence-corrected chi connectivity index (χ3v) is 8.33. The Bertz CT molecular complexity index is 1540. The van der Waals surface area contributed by atoms with E-state index in [1.807, 2.05) is 12.1 Å². The summed E-state index contributed by atoms with van der Waals surface area (Å²) in [7, 11) is -3.64. The number of fused-ring (bicyclic) bond motifs is 1. The molecular weight excluding hydrogens is 493 g/mol. The Labute approximate surface area is 214 Å². The van der Waals surface area contributed by atoms with E-state index >= 15 is 0 Å². The van der Waals surface area contributed by atoms with Crippen molar-refractivity contribution in [3.05, 3.63) is 102 Å². The number of carbonyl (C=O) groups is 1. The second kappa shape index (κ2) is 10.3. The highest BCUT2D eigenvalue weighted by molar-refractivity contribution is 7.90. The molecule has 1 saturated heterocycles. The molecule has 1 aliphatic rings. The highest BCUT2D eigenvalue weighted by Gasteiger charge is 2.24. The minimum Gasteiger partial charge on any atom is -0.505 e. The molecule has 1 N–H and O–H groups in total. The Hall–Kier alpha value is -3.82. The summed E-state index contributed by atoms with van der Waals surface area (Å²) in [5.41, 5.74) is 2.04. The van der Waals surface area contributed by atoms with Crippen molar-refractivity contribution in [3.8, 4) is 5.75 Å². The van der Waals surface area contributed by atoms with Gasteiger partial charge in [-0.3, -0.25) is 14.7 Å². The zero-order valence-corrected chi connectivity index (χ0v) is 20.9. The number of hydrogen-bond acceptors (Lipinski definition) is 6. The molecule has 7 nitrogen and oxygen atoms in total. The minimum absolute atomic E-state index is 0.124. The molecule has 1 amide bonds. The zero-order valence-electron chi connectivity index (χ0n) is 20.0. The summed E-state index contributed by atoms with van der Waals surface area (Å²) in [6.07, 6.45) is 1.58. The van der Waals surface area contributed by atoms with Crippen molar-refractivity contribution in [2.24, 2.45) is 0 Å². The van der Waals surface area contributed by atoms with Crippen LogP contribution in [0.15, 0.2) is 83.9 Å². The Kier molecular flexibility index (Phi) is 6.90. The van der Waals surface area contributed by atoms with Crippen LogP contribution in [-0.4, -0.2) is 60.4 Å². The van der Waals surface area contributed by atoms with E-state index in [1.165, 1.54) is 6.07 Å². The van der Waals surface area contributed by atoms with E-state index in [4.69, 9.17) is 0 Å². The first-order valence-corrected chi connectivity index (χ1v) is 13.6. The second-order valence-electron chi connectivity index (χ2n) is 9.10. The summed E-state index contributed by atoms with van der Waals surface area (Å²) >= 11 is 0. The molecule has 37 heavy (non-hydrogen) atoms. The minimum atomic E-state index is -3.64. The van der Waals surface area contributed by atoms with Gasteiger partial charge in [-0.25, -0.2) is 12.8 Å². The summed E-state index contributed by atoms with van der Waals surface area (Å²) in [5.74, 6) is -1.29. The highest BCUT2D eigenvalue weighted by Crippen LogP contribution is 2.25. The van der Waals surface area contributed by atoms with Gasteiger partial charge >= 0.3 is 0 Å². The summed E-state index contributed by atoms with van der Waals surface area (Å²) < 4.78 is 39.9. The summed E-state index contributed by atoms with van der Waals surface area (Å²) in [6, 6.07) is 19.8. The van der Waals surface area contributed by atoms with E-state index in [0.717, 1.165) is 5.39 Å². The lowest BCUT2D eigenvalue weighted by atomic mass is 10.1. The first-order chi connectivity index (χ1) is 17.8. The van der Waals surface area contributed by atoms with E-state index < -0.39 is 15.7 Å². The van der Waals surface area contributed by atoms with Crippen LogP contribution in [-0.2, 0) is 22.1 Å². The number of amides is 1. The lowest BCUT2D eigenvalue weighted by Gasteiger charge is -2.35. The molecule has 1 fully saturated rings. The number of halogens is 1. The van der Waals surface area contributed by atoms with Gasteiger partial charge in [-0.2, -0.15) is 0 Å². The molecule has 4 aromatic rings. The molecule has 0 atom stereocenters. The highest BCUT2D eigenvalue weighted by atomic mass is 32.2. The molecule has 1 aliphatic heterocycles. The summed E-state index contributed by atoms with van der Waals surface area (Å²) in [6.45, 7) is 2.59. The first kappa shape index (κ1) is 24.9. The number of aromatic hydroxyl groups is 1. The molecule has 2 heterocycles. The standard InChI is InChI=1S/C28H26FN3O4S/c29-24-7-1-5-23(27(24)33)18-31-14-16-32(17-15-31)28(34)22-11-9-20(10-12-22)19-37(35,36)25-8-2-4-21-6-3-13-30-26(21)25/h1-13,33H,14-19H2. The fourth-order valence-corrected chi connectivity index (χ4v) is 6.13. The first-order valence-electron chi connectivity index (χ1n) is 12.0. The van der Waals surface area contributed by atoms with Crippen LogP contribution in [0.3, 0.4) is 0 Å². The van der Waals surface area contributed by atoms with E-state index in [-0.39, 0.29) is 22.3 Å². The topological polar surface area (TPSA) is 90.8 Å². The maximum absolute atomic E-state index is 13.6. The van der Waals surface area contributed by atoms with Gasteiger partial charge in [-0.15, -0.1) is 0 Å². The van der Waals surface area contributed by atoms with E-state index in [1.54, 1.807) is 65.7 Å². The van der Waals surface area contributed by atoms with Crippen LogP contribution in [0.4, 0.5) is 4.39 Å². The number of phenolic OH excluding ortho intramolecular Hbond substituents is 1. The average molecular weight is 520 g/mol. The summed E-state index contributed by atoms with van der Waals surface area (Å²) in [4.78, 5) is 21.3. The Morgan fingerprint density at radius 2 is 1.62 bits per heavy atom. The average Bonchev–Trinajstić information content (AvgIpc) is 2.91. The third-order valence-electron chi connectivity index (χ3n) is 6.61. The normalized spacial score (nSPS) is 14.7. The molecule has 3 aromatic carbocycles. The number of rotatable bonds is 6. The number of sulfone groups is 1. The van der Waals surface area contributed by atoms with Crippen LogP contribution >= 0.6 is 0 Å². The summed E-state index contributed by atoms with van der Waals surface area (Å²) in [5, 5.41) is 10.7. The molecule has 0 spiro atoms. The van der Waals surface area contributed by atoms with Crippen molar-refractivity contribution in [1.29, 1.82) is 0 Å². The monoisotopic (exact) mass is 519 g/mol. The van der Waals surface area contributed by atoms with Gasteiger partial charge in [0, 0.05) is 55.4 Å². The molecule has 0 bridgehead atoms. The van der Waals surface area contributed by atoms with E-state index in [2.05, 4.69) is 9.88 Å². The van der Waals surface area contributed by atoms with Crippen molar-refractivity contribution >= 4 is 26.6 Å². The van der Waals surface area contributed by atoms with Crippen molar-refractivity contribution < 1.29 is 22.7 Å². The number of carbonyl (C=O) groups excluding carboxylic acids is 1. The van der Waals surface area contributed by atoms with E-state index in [0.29, 0.717) is 54.9 Å². The Morgan fingerprint density at radius 3 is 2.38 bits per heavy atom. The lowest BCUT2D eigenvalue weighted by molar-refractivity contribution is 0.0627. The van der Waals surface area contributed by atoms with E-state index in [9.17, 15) is 22.7 Å². The van der Waals surface area contributed by atoms with Crippen molar-refractivity contribution in [2.45, 2.75) is 17.2 Å². The number of nitrogens with zero attached hydrogens (tertiary/aromatic N) is 3. The van der Waals surface area contributed by atoms with Gasteiger partial charge in [-0.1, -0.05) is 42.5 Å². The van der Waals surface area contributed by atoms with Crippen molar-refractivity contribution in [3.63, 3.8) is 0 Å². The van der Waals surface area contributed by atoms with Crippen molar-refractivity contribution in [1.82, 2.24) is 14.8 Å². The molecular formula is C28H26FN3O4S. The maximum Gasteiger partial charge on any atom is 0.253 e. The molecule has 5 rings (SSSR count). The predicted molar refractivity (Wildman–Crippen MR) is 138 cm³/mol. The van der Waals surface area contributed by atoms with Gasteiger partial charge in [0.05, 0.1) is 16.2 Å². The van der Waals surface area contributed by atoms with Gasteiger partial charge in [0.1, 0.15) is 0 Å². The number of benzene rings is 3. The number of piperazine rings is 1. The van der Waals surface area contributed by atoms with Crippen LogP contribution in [0.1, 0.15) is 21.5 Å². The SMILES string of the molecule is O=C(c1ccc(CS(=O)(=O)c2cccc3cccnc23)cc1)N1CCN(Cc2cccc(F)c2O)CC1. The smallest absolute Gasteiger partial charge is 0.253 e. The van der Waals surface area contributed by atoms with Gasteiger partial charge in [0.15, 0.2) is 21.4 Å². The molecule has 9 heteroatoms. The number of pyridine rings is 1. The van der Waals surface area contributed by atoms with Gasteiger partial charge in [-0.05, 0) is 35.9 Å². The fraction of sp³-hybridized carbons (Fsp3) is 0.214. The number of phenols is 1. The van der Waals surface area contributed by atoms with Gasteiger partial charge < -0.3 is 10.0 Å². The number of para-hydroxylation sites is 2. The zero-order chi connectivity index (χ0) is 26.0. The van der Waals surface area contributed by atoms with Crippen LogP contribution in [0, 0.1) is 5.82 Å². The van der Waals surface area contributed by atoms with Crippen LogP contribution in [0.25, 0.3) is 10.9 Å². The molecule has 0 unspecified atom stereocenters. The Balaban J connectivity index is 1.22. The second-order valence-corrected chi connectivity index (χ2v) is 11.1. The predicted octanol–water partition coefficient (Wildman–Crippen LogP) is 4.01. The quantitative estimate of drug-likeness (QED) is 0.414. The molecule has 0 radical (unpaired) electrons. The molecule has 1 aromatic heterocycles. The van der Waals surface area contributed by atoms with Crippen molar-refractivity contribution in [2.75, 3.05) is 26.2 Å². The van der Waals surface area contributed by atoms with Crippen LogP contribution in [0.2, 0.25) is 0 Å². The lowest BCUT2D eigenvalue weighted by Crippen LogP contribution is -2.48. The molecule has 190 valence electrons. The third kappa shape index (κ3) is 5.33. The molecule has 0 aliphatic carbocycles. The molecule has 0 saturated carbocycles. The number of aromatic nitrogens is 1. The largest absolute Gasteiger partial charge is 0.505 e. The van der Waals surface area contributed by atoms with Crippen LogP contribution in [0.5, 0.6) is 5.75 Å². The number of hydrogen-bond donors (Lipinski definition) is 1. The fourth-order valence-electron chi connectivity index (χ4n) is 4.59. The van der Waals surface area contributed by atoms with Gasteiger partial charge in [0.25, 0.3) is 5.91 Å². The Morgan fingerprint density at radius 1 is 0.919 bits per heavy atom. The van der Waals surface area contributed by atoms with Crippen LogP contribution < -0.4 is 0 Å². The maximum atomic E-state index is 13.6. The van der Waals surface area contributed by atoms with Gasteiger partial charge in [0.2, 0.25) is 0 Å².